The van der Waals surface area contributed by atoms with Gasteiger partial charge in [0.2, 0.25) is 5.91 Å². The predicted molar refractivity (Wildman–Crippen MR) is 78.9 cm³/mol. The van der Waals surface area contributed by atoms with Crippen molar-refractivity contribution in [3.8, 4) is 6.07 Å². The summed E-state index contributed by atoms with van der Waals surface area (Å²) in [5.74, 6) is -0.194. The SMILES string of the molecule is N#Cc1ccc(SCC(=O)NC2CCOCC2)cc1C(F)(F)F. The molecule has 0 radical (unpaired) electrons. The van der Waals surface area contributed by atoms with Gasteiger partial charge in [-0.25, -0.2) is 0 Å². The number of hydrogen-bond acceptors (Lipinski definition) is 4. The number of carbonyl (C=O) groups excluding carboxylic acids is 1. The maximum Gasteiger partial charge on any atom is 0.417 e. The molecule has 1 aliphatic rings. The van der Waals surface area contributed by atoms with Gasteiger partial charge in [0, 0.05) is 24.2 Å². The quantitative estimate of drug-likeness (QED) is 0.853. The summed E-state index contributed by atoms with van der Waals surface area (Å²) in [5, 5.41) is 11.6. The van der Waals surface area contributed by atoms with Gasteiger partial charge in [0.25, 0.3) is 0 Å². The molecule has 1 heterocycles. The molecule has 0 unspecified atom stereocenters. The Labute approximate surface area is 136 Å². The van der Waals surface area contributed by atoms with Crippen LogP contribution in [-0.2, 0) is 15.7 Å². The molecule has 2 rings (SSSR count). The minimum atomic E-state index is -4.59. The molecule has 1 saturated heterocycles. The summed E-state index contributed by atoms with van der Waals surface area (Å²) >= 11 is 1.01. The largest absolute Gasteiger partial charge is 0.417 e. The number of nitrogens with zero attached hydrogens (tertiary/aromatic N) is 1. The van der Waals surface area contributed by atoms with Gasteiger partial charge >= 0.3 is 6.18 Å². The molecule has 1 amide bonds. The first-order valence-corrected chi connectivity index (χ1v) is 8.00. The van der Waals surface area contributed by atoms with Crippen molar-refractivity contribution in [2.24, 2.45) is 0 Å². The molecule has 23 heavy (non-hydrogen) atoms. The van der Waals surface area contributed by atoms with E-state index in [1.165, 1.54) is 12.1 Å². The average Bonchev–Trinajstić information content (AvgIpc) is 2.53. The summed E-state index contributed by atoms with van der Waals surface area (Å²) < 4.78 is 43.8. The van der Waals surface area contributed by atoms with E-state index >= 15 is 0 Å². The Hall–Kier alpha value is -1.72. The van der Waals surface area contributed by atoms with Crippen LogP contribution in [0.5, 0.6) is 0 Å². The molecule has 1 fully saturated rings. The van der Waals surface area contributed by atoms with Gasteiger partial charge < -0.3 is 10.1 Å². The maximum atomic E-state index is 12.9. The van der Waals surface area contributed by atoms with Gasteiger partial charge in [-0.15, -0.1) is 11.8 Å². The summed E-state index contributed by atoms with van der Waals surface area (Å²) in [6.45, 7) is 1.20. The van der Waals surface area contributed by atoms with Crippen LogP contribution in [0, 0.1) is 11.3 Å². The lowest BCUT2D eigenvalue weighted by Crippen LogP contribution is -2.39. The number of ether oxygens (including phenoxy) is 1. The topological polar surface area (TPSA) is 62.1 Å². The van der Waals surface area contributed by atoms with Gasteiger partial charge in [-0.2, -0.15) is 18.4 Å². The summed E-state index contributed by atoms with van der Waals surface area (Å²) in [5.41, 5.74) is -1.40. The second-order valence-electron chi connectivity index (χ2n) is 5.06. The van der Waals surface area contributed by atoms with Crippen LogP contribution in [0.4, 0.5) is 13.2 Å². The highest BCUT2D eigenvalue weighted by Gasteiger charge is 2.33. The fraction of sp³-hybridized carbons (Fsp3) is 0.467. The minimum Gasteiger partial charge on any atom is -0.381 e. The van der Waals surface area contributed by atoms with Crippen LogP contribution < -0.4 is 5.32 Å². The molecule has 0 aromatic heterocycles. The molecule has 0 aliphatic carbocycles. The van der Waals surface area contributed by atoms with Gasteiger partial charge in [0.1, 0.15) is 0 Å². The lowest BCUT2D eigenvalue weighted by molar-refractivity contribution is -0.137. The molecule has 0 atom stereocenters. The number of alkyl halides is 3. The molecule has 4 nitrogen and oxygen atoms in total. The summed E-state index contributed by atoms with van der Waals surface area (Å²) in [4.78, 5) is 12.1. The van der Waals surface area contributed by atoms with Crippen molar-refractivity contribution >= 4 is 17.7 Å². The molecular weight excluding hydrogens is 329 g/mol. The van der Waals surface area contributed by atoms with E-state index in [-0.39, 0.29) is 17.7 Å². The number of rotatable bonds is 4. The summed E-state index contributed by atoms with van der Waals surface area (Å²) in [7, 11) is 0. The zero-order valence-corrected chi connectivity index (χ0v) is 13.0. The van der Waals surface area contributed by atoms with Crippen molar-refractivity contribution in [3.05, 3.63) is 29.3 Å². The average molecular weight is 344 g/mol. The first-order valence-electron chi connectivity index (χ1n) is 7.01. The fourth-order valence-corrected chi connectivity index (χ4v) is 2.95. The normalized spacial score (nSPS) is 15.9. The predicted octanol–water partition coefficient (Wildman–Crippen LogP) is 2.96. The van der Waals surface area contributed by atoms with Gasteiger partial charge in [0.05, 0.1) is 22.9 Å². The zero-order chi connectivity index (χ0) is 16.9. The highest BCUT2D eigenvalue weighted by atomic mass is 32.2. The highest BCUT2D eigenvalue weighted by molar-refractivity contribution is 8.00. The van der Waals surface area contributed by atoms with Gasteiger partial charge in [-0.3, -0.25) is 4.79 Å². The van der Waals surface area contributed by atoms with Crippen molar-refractivity contribution in [2.45, 2.75) is 30.0 Å². The number of nitriles is 1. The van der Waals surface area contributed by atoms with E-state index in [1.54, 1.807) is 0 Å². The monoisotopic (exact) mass is 344 g/mol. The van der Waals surface area contributed by atoms with Crippen molar-refractivity contribution in [3.63, 3.8) is 0 Å². The van der Waals surface area contributed by atoms with Crippen LogP contribution in [0.2, 0.25) is 0 Å². The van der Waals surface area contributed by atoms with Crippen LogP contribution in [0.25, 0.3) is 0 Å². The lowest BCUT2D eigenvalue weighted by atomic mass is 10.1. The second kappa shape index (κ2) is 7.70. The van der Waals surface area contributed by atoms with E-state index in [0.717, 1.165) is 36.7 Å². The van der Waals surface area contributed by atoms with Gasteiger partial charge in [-0.1, -0.05) is 0 Å². The molecule has 124 valence electrons. The zero-order valence-electron chi connectivity index (χ0n) is 12.2. The molecule has 1 aliphatic heterocycles. The second-order valence-corrected chi connectivity index (χ2v) is 6.11. The smallest absolute Gasteiger partial charge is 0.381 e. The number of amides is 1. The van der Waals surface area contributed by atoms with Crippen LogP contribution >= 0.6 is 11.8 Å². The third-order valence-electron chi connectivity index (χ3n) is 3.37. The Morgan fingerprint density at radius 1 is 1.39 bits per heavy atom. The number of nitrogens with one attached hydrogen (secondary N) is 1. The number of hydrogen-bond donors (Lipinski definition) is 1. The maximum absolute atomic E-state index is 12.9. The Morgan fingerprint density at radius 3 is 2.70 bits per heavy atom. The Bertz CT molecular complexity index is 608. The Balaban J connectivity index is 1.95. The summed E-state index contributed by atoms with van der Waals surface area (Å²) in [6.07, 6.45) is -3.11. The van der Waals surface area contributed by atoms with E-state index in [0.29, 0.717) is 18.1 Å². The number of carbonyl (C=O) groups is 1. The molecule has 8 heteroatoms. The van der Waals surface area contributed by atoms with E-state index in [2.05, 4.69) is 5.32 Å². The third-order valence-corrected chi connectivity index (χ3v) is 4.37. The third kappa shape index (κ3) is 5.15. The molecule has 1 aromatic rings. The van der Waals surface area contributed by atoms with Crippen LogP contribution in [0.1, 0.15) is 24.0 Å². The molecule has 1 aromatic carbocycles. The Morgan fingerprint density at radius 2 is 2.09 bits per heavy atom. The number of thioether (sulfide) groups is 1. The number of halogens is 3. The van der Waals surface area contributed by atoms with Crippen LogP contribution in [-0.4, -0.2) is 30.9 Å². The van der Waals surface area contributed by atoms with Gasteiger partial charge in [0.15, 0.2) is 0 Å². The molecule has 1 N–H and O–H groups in total. The van der Waals surface area contributed by atoms with E-state index in [9.17, 15) is 18.0 Å². The van der Waals surface area contributed by atoms with E-state index in [4.69, 9.17) is 10.00 Å². The standard InChI is InChI=1S/C15H15F3N2O2S/c16-15(17,18)13-7-12(2-1-10(13)8-19)23-9-14(21)20-11-3-5-22-6-4-11/h1-2,7,11H,3-6,9H2,(H,20,21). The first-order chi connectivity index (χ1) is 10.9. The number of benzene rings is 1. The molecular formula is C15H15F3N2O2S. The van der Waals surface area contributed by atoms with E-state index in [1.807, 2.05) is 0 Å². The summed E-state index contributed by atoms with van der Waals surface area (Å²) in [6, 6.07) is 5.04. The fourth-order valence-electron chi connectivity index (χ4n) is 2.21. The Kier molecular flexibility index (Phi) is 5.91. The first kappa shape index (κ1) is 17.6. The minimum absolute atomic E-state index is 0.0283. The van der Waals surface area contributed by atoms with Crippen molar-refractivity contribution in [1.82, 2.24) is 5.32 Å². The van der Waals surface area contributed by atoms with Crippen molar-refractivity contribution < 1.29 is 22.7 Å². The molecule has 0 saturated carbocycles. The van der Waals surface area contributed by atoms with Crippen molar-refractivity contribution in [2.75, 3.05) is 19.0 Å². The molecule has 0 spiro atoms. The van der Waals surface area contributed by atoms with Gasteiger partial charge in [-0.05, 0) is 31.0 Å². The van der Waals surface area contributed by atoms with Crippen molar-refractivity contribution in [1.29, 1.82) is 5.26 Å². The van der Waals surface area contributed by atoms with E-state index < -0.39 is 17.3 Å². The van der Waals surface area contributed by atoms with Crippen LogP contribution in [0.3, 0.4) is 0 Å². The molecule has 0 bridgehead atoms. The van der Waals surface area contributed by atoms with Crippen LogP contribution in [0.15, 0.2) is 23.1 Å². The lowest BCUT2D eigenvalue weighted by Gasteiger charge is -2.23. The highest BCUT2D eigenvalue weighted by Crippen LogP contribution is 2.34.